The van der Waals surface area contributed by atoms with E-state index < -0.39 is 12.0 Å². The van der Waals surface area contributed by atoms with Crippen LogP contribution in [0.4, 0.5) is 0 Å². The van der Waals surface area contributed by atoms with E-state index in [1.807, 2.05) is 6.92 Å². The first-order valence-corrected chi connectivity index (χ1v) is 6.98. The van der Waals surface area contributed by atoms with Crippen molar-refractivity contribution >= 4 is 18.0 Å². The molecule has 2 rings (SSSR count). The first kappa shape index (κ1) is 15.1. The van der Waals surface area contributed by atoms with E-state index in [9.17, 15) is 19.8 Å². The van der Waals surface area contributed by atoms with Crippen LogP contribution in [0.3, 0.4) is 0 Å². The standard InChI is InChI=1S/C16H19NO4/c1-11-8-9-17(14(10-11)16(20)21)15(19)7-4-12-2-5-13(18)6-3-12/h2-7,11,14,18H,8-10H2,1H3,(H,20,21)/b7-4+. The van der Waals surface area contributed by atoms with Gasteiger partial charge in [0.1, 0.15) is 11.8 Å². The van der Waals surface area contributed by atoms with Crippen LogP contribution in [-0.4, -0.2) is 39.6 Å². The Labute approximate surface area is 123 Å². The van der Waals surface area contributed by atoms with E-state index in [0.29, 0.717) is 18.9 Å². The highest BCUT2D eigenvalue weighted by Crippen LogP contribution is 2.23. The van der Waals surface area contributed by atoms with Gasteiger partial charge in [0.15, 0.2) is 0 Å². The van der Waals surface area contributed by atoms with E-state index >= 15 is 0 Å². The molecule has 0 saturated carbocycles. The van der Waals surface area contributed by atoms with Crippen molar-refractivity contribution in [2.45, 2.75) is 25.8 Å². The van der Waals surface area contributed by atoms with Crippen LogP contribution >= 0.6 is 0 Å². The number of phenolic OH excluding ortho intramolecular Hbond substituents is 1. The minimum absolute atomic E-state index is 0.162. The number of piperidine rings is 1. The molecule has 0 aliphatic carbocycles. The van der Waals surface area contributed by atoms with Crippen molar-refractivity contribution in [2.75, 3.05) is 6.54 Å². The molecule has 2 N–H and O–H groups in total. The first-order valence-electron chi connectivity index (χ1n) is 6.98. The minimum atomic E-state index is -0.951. The van der Waals surface area contributed by atoms with Crippen LogP contribution in [-0.2, 0) is 9.59 Å². The fourth-order valence-corrected chi connectivity index (χ4v) is 2.49. The van der Waals surface area contributed by atoms with Crippen molar-refractivity contribution < 1.29 is 19.8 Å². The summed E-state index contributed by atoms with van der Waals surface area (Å²) in [6.45, 7) is 2.47. The predicted molar refractivity (Wildman–Crippen MR) is 78.7 cm³/mol. The molecule has 1 aliphatic rings. The van der Waals surface area contributed by atoms with Gasteiger partial charge in [0, 0.05) is 12.6 Å². The number of aliphatic carboxylic acids is 1. The van der Waals surface area contributed by atoms with Gasteiger partial charge in [0.25, 0.3) is 0 Å². The topological polar surface area (TPSA) is 77.8 Å². The number of hydrogen-bond acceptors (Lipinski definition) is 3. The van der Waals surface area contributed by atoms with Crippen molar-refractivity contribution in [2.24, 2.45) is 5.92 Å². The molecular weight excluding hydrogens is 270 g/mol. The molecule has 1 fully saturated rings. The van der Waals surface area contributed by atoms with Gasteiger partial charge < -0.3 is 15.1 Å². The Morgan fingerprint density at radius 3 is 2.57 bits per heavy atom. The van der Waals surface area contributed by atoms with Crippen LogP contribution in [0.5, 0.6) is 5.75 Å². The summed E-state index contributed by atoms with van der Waals surface area (Å²) in [5, 5.41) is 18.4. The number of benzene rings is 1. The largest absolute Gasteiger partial charge is 0.508 e. The molecule has 1 saturated heterocycles. The Morgan fingerprint density at radius 2 is 1.95 bits per heavy atom. The predicted octanol–water partition coefficient (Wildman–Crippen LogP) is 2.12. The summed E-state index contributed by atoms with van der Waals surface area (Å²) in [6.07, 6.45) is 4.33. The van der Waals surface area contributed by atoms with Gasteiger partial charge in [-0.1, -0.05) is 19.1 Å². The molecule has 5 nitrogen and oxygen atoms in total. The molecule has 1 aromatic carbocycles. The van der Waals surface area contributed by atoms with Crippen molar-refractivity contribution in [1.29, 1.82) is 0 Å². The molecule has 0 radical (unpaired) electrons. The number of aromatic hydroxyl groups is 1. The highest BCUT2D eigenvalue weighted by Gasteiger charge is 2.33. The van der Waals surface area contributed by atoms with Crippen molar-refractivity contribution in [3.63, 3.8) is 0 Å². The Hall–Kier alpha value is -2.30. The Kier molecular flexibility index (Phi) is 4.62. The maximum absolute atomic E-state index is 12.2. The lowest BCUT2D eigenvalue weighted by atomic mass is 9.92. The van der Waals surface area contributed by atoms with Gasteiger partial charge in [-0.15, -0.1) is 0 Å². The van der Waals surface area contributed by atoms with E-state index in [1.165, 1.54) is 23.1 Å². The SMILES string of the molecule is CC1CCN(C(=O)/C=C/c2ccc(O)cc2)C(C(=O)O)C1. The van der Waals surface area contributed by atoms with Gasteiger partial charge in [-0.2, -0.15) is 0 Å². The van der Waals surface area contributed by atoms with Gasteiger partial charge in [-0.25, -0.2) is 4.79 Å². The molecule has 2 atom stereocenters. The fraction of sp³-hybridized carbons (Fsp3) is 0.375. The summed E-state index contributed by atoms with van der Waals surface area (Å²) in [5.41, 5.74) is 0.776. The second kappa shape index (κ2) is 6.43. The molecule has 5 heteroatoms. The molecule has 0 bridgehead atoms. The number of likely N-dealkylation sites (tertiary alicyclic amines) is 1. The lowest BCUT2D eigenvalue weighted by Gasteiger charge is -2.35. The first-order chi connectivity index (χ1) is 9.97. The number of phenols is 1. The molecule has 0 spiro atoms. The summed E-state index contributed by atoms with van der Waals surface area (Å²) < 4.78 is 0. The molecule has 112 valence electrons. The molecule has 1 aliphatic heterocycles. The number of hydrogen-bond donors (Lipinski definition) is 2. The summed E-state index contributed by atoms with van der Waals surface area (Å²) in [4.78, 5) is 24.9. The Balaban J connectivity index is 2.07. The van der Waals surface area contributed by atoms with Gasteiger partial charge in [-0.3, -0.25) is 4.79 Å². The summed E-state index contributed by atoms with van der Waals surface area (Å²) in [7, 11) is 0. The van der Waals surface area contributed by atoms with Crippen LogP contribution < -0.4 is 0 Å². The summed E-state index contributed by atoms with van der Waals surface area (Å²) >= 11 is 0. The van der Waals surface area contributed by atoms with E-state index in [2.05, 4.69) is 0 Å². The number of rotatable bonds is 3. The van der Waals surface area contributed by atoms with E-state index in [-0.39, 0.29) is 11.7 Å². The second-order valence-electron chi connectivity index (χ2n) is 5.44. The lowest BCUT2D eigenvalue weighted by Crippen LogP contribution is -2.49. The normalized spacial score (nSPS) is 22.4. The monoisotopic (exact) mass is 289 g/mol. The summed E-state index contributed by atoms with van der Waals surface area (Å²) in [6, 6.07) is 5.70. The molecule has 2 unspecified atom stereocenters. The van der Waals surface area contributed by atoms with Crippen LogP contribution in [0.15, 0.2) is 30.3 Å². The summed E-state index contributed by atoms with van der Waals surface area (Å²) in [5.74, 6) is -0.763. The lowest BCUT2D eigenvalue weighted by molar-refractivity contribution is -0.151. The van der Waals surface area contributed by atoms with Gasteiger partial charge >= 0.3 is 5.97 Å². The number of carboxylic acid groups (broad SMARTS) is 1. The van der Waals surface area contributed by atoms with Crippen molar-refractivity contribution in [3.8, 4) is 5.75 Å². The van der Waals surface area contributed by atoms with Gasteiger partial charge in [0.2, 0.25) is 5.91 Å². The van der Waals surface area contributed by atoms with Crippen molar-refractivity contribution in [3.05, 3.63) is 35.9 Å². The molecule has 0 aromatic heterocycles. The Bertz CT molecular complexity index is 550. The van der Waals surface area contributed by atoms with Crippen LogP contribution in [0, 0.1) is 5.92 Å². The van der Waals surface area contributed by atoms with Gasteiger partial charge in [-0.05, 0) is 42.5 Å². The second-order valence-corrected chi connectivity index (χ2v) is 5.44. The van der Waals surface area contributed by atoms with Gasteiger partial charge in [0.05, 0.1) is 0 Å². The highest BCUT2D eigenvalue weighted by atomic mass is 16.4. The van der Waals surface area contributed by atoms with E-state index in [0.717, 1.165) is 12.0 Å². The zero-order chi connectivity index (χ0) is 15.4. The molecule has 1 aromatic rings. The smallest absolute Gasteiger partial charge is 0.326 e. The van der Waals surface area contributed by atoms with E-state index in [1.54, 1.807) is 18.2 Å². The van der Waals surface area contributed by atoms with Crippen molar-refractivity contribution in [1.82, 2.24) is 4.90 Å². The van der Waals surface area contributed by atoms with Crippen LogP contribution in [0.1, 0.15) is 25.3 Å². The number of carbonyl (C=O) groups excluding carboxylic acids is 1. The number of amides is 1. The van der Waals surface area contributed by atoms with E-state index in [4.69, 9.17) is 0 Å². The fourth-order valence-electron chi connectivity index (χ4n) is 2.49. The molecular formula is C16H19NO4. The Morgan fingerprint density at radius 1 is 1.29 bits per heavy atom. The minimum Gasteiger partial charge on any atom is -0.508 e. The number of nitrogens with zero attached hydrogens (tertiary/aromatic N) is 1. The number of carboxylic acids is 1. The molecule has 21 heavy (non-hydrogen) atoms. The third-order valence-corrected chi connectivity index (χ3v) is 3.74. The maximum atomic E-state index is 12.2. The quantitative estimate of drug-likeness (QED) is 0.835. The average Bonchev–Trinajstić information content (AvgIpc) is 2.46. The average molecular weight is 289 g/mol. The maximum Gasteiger partial charge on any atom is 0.326 e. The third-order valence-electron chi connectivity index (χ3n) is 3.74. The van der Waals surface area contributed by atoms with Crippen LogP contribution in [0.2, 0.25) is 0 Å². The van der Waals surface area contributed by atoms with Crippen LogP contribution in [0.25, 0.3) is 6.08 Å². The highest BCUT2D eigenvalue weighted by molar-refractivity contribution is 5.94. The third kappa shape index (κ3) is 3.84. The zero-order valence-corrected chi connectivity index (χ0v) is 11.9. The molecule has 1 amide bonds. The molecule has 1 heterocycles. The zero-order valence-electron chi connectivity index (χ0n) is 11.9. The number of carbonyl (C=O) groups is 2.